The number of nitrogens with two attached hydrogens (primary N) is 3. The molecule has 0 spiro atoms. The number of nitrogens with zero attached hydrogens (tertiary/aromatic N) is 1. The van der Waals surface area contributed by atoms with Gasteiger partial charge in [-0.2, -0.15) is 0 Å². The number of aryl methyl sites for hydroxylation is 1. The van der Waals surface area contributed by atoms with E-state index in [1.807, 2.05) is 36.4 Å². The first-order valence-corrected chi connectivity index (χ1v) is 11.0. The third-order valence-corrected chi connectivity index (χ3v) is 4.96. The average molecular weight is 476 g/mol. The number of guanidine groups is 1. The SMILES string of the molecule is NC(N)=NCCCCC(=O)Nc1ccc(CCC(=O)O)cc1.[B]c1c(C(N)=O)[nH]c2ccccc12. The van der Waals surface area contributed by atoms with Crippen LogP contribution in [0, 0.1) is 0 Å². The minimum Gasteiger partial charge on any atom is -0.481 e. The molecule has 0 aliphatic heterocycles. The summed E-state index contributed by atoms with van der Waals surface area (Å²) >= 11 is 0. The van der Waals surface area contributed by atoms with Crippen molar-refractivity contribution in [2.24, 2.45) is 22.2 Å². The number of carbonyl (C=O) groups is 3. The van der Waals surface area contributed by atoms with E-state index in [2.05, 4.69) is 15.3 Å². The van der Waals surface area contributed by atoms with Gasteiger partial charge in [-0.05, 0) is 48.4 Å². The summed E-state index contributed by atoms with van der Waals surface area (Å²) in [6, 6.07) is 14.6. The molecule has 182 valence electrons. The molecule has 0 unspecified atom stereocenters. The zero-order valence-corrected chi connectivity index (χ0v) is 19.3. The van der Waals surface area contributed by atoms with E-state index in [4.69, 9.17) is 30.2 Å². The van der Waals surface area contributed by atoms with E-state index in [9.17, 15) is 14.4 Å². The molecular formula is C24H29BN6O4. The number of carbonyl (C=O) groups excluding carboxylic acids is 2. The van der Waals surface area contributed by atoms with Crippen LogP contribution in [-0.4, -0.2) is 48.2 Å². The lowest BCUT2D eigenvalue weighted by molar-refractivity contribution is -0.137. The molecule has 2 radical (unpaired) electrons. The molecule has 0 bridgehead atoms. The van der Waals surface area contributed by atoms with Crippen molar-refractivity contribution in [1.29, 1.82) is 0 Å². The van der Waals surface area contributed by atoms with Gasteiger partial charge in [-0.25, -0.2) is 0 Å². The summed E-state index contributed by atoms with van der Waals surface area (Å²) in [4.78, 5) is 39.8. The molecule has 2 amide bonds. The first kappa shape index (κ1) is 27.0. The molecule has 3 aromatic rings. The second-order valence-corrected chi connectivity index (χ2v) is 7.73. The molecular weight excluding hydrogens is 447 g/mol. The molecule has 3 rings (SSSR count). The van der Waals surface area contributed by atoms with Crippen LogP contribution in [0.15, 0.2) is 53.5 Å². The van der Waals surface area contributed by atoms with E-state index in [1.165, 1.54) is 0 Å². The van der Waals surface area contributed by atoms with Gasteiger partial charge in [0.05, 0.1) is 5.69 Å². The molecule has 0 aliphatic carbocycles. The van der Waals surface area contributed by atoms with E-state index < -0.39 is 11.9 Å². The van der Waals surface area contributed by atoms with Gasteiger partial charge in [0.2, 0.25) is 5.91 Å². The highest BCUT2D eigenvalue weighted by molar-refractivity contribution is 6.42. The number of hydrogen-bond acceptors (Lipinski definition) is 4. The van der Waals surface area contributed by atoms with E-state index in [0.717, 1.165) is 22.9 Å². The third kappa shape index (κ3) is 9.24. The summed E-state index contributed by atoms with van der Waals surface area (Å²) in [6.07, 6.45) is 2.44. The zero-order chi connectivity index (χ0) is 25.8. The number of amides is 2. The van der Waals surface area contributed by atoms with Crippen molar-refractivity contribution in [2.75, 3.05) is 11.9 Å². The number of anilines is 1. The Kier molecular flexibility index (Phi) is 10.4. The Hall–Kier alpha value is -4.28. The minimum atomic E-state index is -0.821. The predicted octanol–water partition coefficient (Wildman–Crippen LogP) is 1.15. The molecule has 10 nitrogen and oxygen atoms in total. The van der Waals surface area contributed by atoms with Gasteiger partial charge in [0.1, 0.15) is 7.85 Å². The fourth-order valence-corrected chi connectivity index (χ4v) is 3.19. The molecule has 0 saturated heterocycles. The lowest BCUT2D eigenvalue weighted by Gasteiger charge is -2.06. The number of aromatic amines is 1. The van der Waals surface area contributed by atoms with Crippen LogP contribution in [0.3, 0.4) is 0 Å². The molecule has 1 aromatic heterocycles. The highest BCUT2D eigenvalue weighted by atomic mass is 16.4. The summed E-state index contributed by atoms with van der Waals surface area (Å²) in [5.41, 5.74) is 18.7. The van der Waals surface area contributed by atoms with Crippen molar-refractivity contribution in [1.82, 2.24) is 4.98 Å². The van der Waals surface area contributed by atoms with Crippen LogP contribution in [0.25, 0.3) is 10.9 Å². The van der Waals surface area contributed by atoms with E-state index in [1.54, 1.807) is 12.1 Å². The van der Waals surface area contributed by atoms with Crippen LogP contribution in [0.1, 0.15) is 41.7 Å². The number of fused-ring (bicyclic) bond motifs is 1. The van der Waals surface area contributed by atoms with Gasteiger partial charge in [0.25, 0.3) is 5.91 Å². The van der Waals surface area contributed by atoms with Crippen molar-refractivity contribution >= 4 is 53.6 Å². The Morgan fingerprint density at radius 2 is 1.66 bits per heavy atom. The smallest absolute Gasteiger partial charge is 0.303 e. The van der Waals surface area contributed by atoms with Crippen LogP contribution in [-0.2, 0) is 16.0 Å². The maximum absolute atomic E-state index is 11.7. The van der Waals surface area contributed by atoms with Crippen molar-refractivity contribution in [3.63, 3.8) is 0 Å². The van der Waals surface area contributed by atoms with E-state index in [0.29, 0.717) is 37.0 Å². The van der Waals surface area contributed by atoms with Crippen molar-refractivity contribution < 1.29 is 19.5 Å². The Labute approximate surface area is 204 Å². The molecule has 0 fully saturated rings. The quantitative estimate of drug-likeness (QED) is 0.110. The monoisotopic (exact) mass is 476 g/mol. The number of rotatable bonds is 10. The summed E-state index contributed by atoms with van der Waals surface area (Å²) < 4.78 is 0. The van der Waals surface area contributed by atoms with Gasteiger partial charge >= 0.3 is 5.97 Å². The maximum Gasteiger partial charge on any atom is 0.303 e. The normalized spacial score (nSPS) is 10.2. The van der Waals surface area contributed by atoms with Crippen molar-refractivity contribution in [2.45, 2.75) is 32.1 Å². The zero-order valence-electron chi connectivity index (χ0n) is 19.3. The minimum absolute atomic E-state index is 0.0624. The second-order valence-electron chi connectivity index (χ2n) is 7.73. The second kappa shape index (κ2) is 13.4. The molecule has 0 atom stereocenters. The van der Waals surface area contributed by atoms with Crippen LogP contribution in [0.4, 0.5) is 5.69 Å². The number of H-pyrrole nitrogens is 1. The molecule has 35 heavy (non-hydrogen) atoms. The van der Waals surface area contributed by atoms with Crippen LogP contribution < -0.4 is 28.0 Å². The Balaban J connectivity index is 0.000000279. The van der Waals surface area contributed by atoms with Gasteiger partial charge in [-0.3, -0.25) is 19.4 Å². The number of aliphatic imine (C=N–C) groups is 1. The van der Waals surface area contributed by atoms with Gasteiger partial charge in [-0.1, -0.05) is 35.8 Å². The number of unbranched alkanes of at least 4 members (excludes halogenated alkanes) is 1. The largest absolute Gasteiger partial charge is 0.481 e. The molecule has 9 N–H and O–H groups in total. The van der Waals surface area contributed by atoms with E-state index >= 15 is 0 Å². The standard InChI is InChI=1S/C15H22N4O3.C9H7BN2O/c16-15(17)18-10-2-1-3-13(20)19-12-7-4-11(5-8-12)6-9-14(21)22;10-7-5-3-1-2-4-6(5)12-8(7)9(11)13/h4-5,7-8H,1-3,6,9-10H2,(H,19,20)(H,21,22)(H4,16,17,18);1-4,12H,(H2,11,13). The van der Waals surface area contributed by atoms with Gasteiger partial charge in [0, 0.05) is 30.6 Å². The summed E-state index contributed by atoms with van der Waals surface area (Å²) in [5.74, 6) is -1.36. The molecule has 11 heteroatoms. The number of benzene rings is 2. The molecule has 0 saturated carbocycles. The fourth-order valence-electron chi connectivity index (χ4n) is 3.19. The number of nitrogens with one attached hydrogen (secondary N) is 2. The number of para-hydroxylation sites is 1. The first-order chi connectivity index (χ1) is 16.7. The lowest BCUT2D eigenvalue weighted by Crippen LogP contribution is -2.23. The number of carboxylic acid groups (broad SMARTS) is 1. The topological polar surface area (TPSA) is 190 Å². The van der Waals surface area contributed by atoms with Crippen LogP contribution in [0.5, 0.6) is 0 Å². The number of carboxylic acids is 1. The predicted molar refractivity (Wildman–Crippen MR) is 138 cm³/mol. The molecule has 1 heterocycles. The highest BCUT2D eigenvalue weighted by Gasteiger charge is 2.09. The van der Waals surface area contributed by atoms with Crippen molar-refractivity contribution in [3.8, 4) is 0 Å². The summed E-state index contributed by atoms with van der Waals surface area (Å²) in [7, 11) is 5.71. The van der Waals surface area contributed by atoms with Crippen LogP contribution in [0.2, 0.25) is 0 Å². The van der Waals surface area contributed by atoms with Gasteiger partial charge in [-0.15, -0.1) is 0 Å². The molecule has 2 aromatic carbocycles. The lowest BCUT2D eigenvalue weighted by atomic mass is 9.92. The summed E-state index contributed by atoms with van der Waals surface area (Å²) in [5, 5.41) is 12.2. The van der Waals surface area contributed by atoms with E-state index in [-0.39, 0.29) is 24.0 Å². The van der Waals surface area contributed by atoms with Crippen LogP contribution >= 0.6 is 0 Å². The number of aromatic nitrogens is 1. The Bertz CT molecular complexity index is 1190. The third-order valence-electron chi connectivity index (χ3n) is 4.96. The number of primary amides is 1. The number of hydrogen-bond donors (Lipinski definition) is 6. The fraction of sp³-hybridized carbons (Fsp3) is 0.250. The highest BCUT2D eigenvalue weighted by Crippen LogP contribution is 2.12. The van der Waals surface area contributed by atoms with Crippen molar-refractivity contribution in [3.05, 3.63) is 59.8 Å². The molecule has 0 aliphatic rings. The van der Waals surface area contributed by atoms with Gasteiger partial charge < -0.3 is 32.6 Å². The maximum atomic E-state index is 11.7. The first-order valence-electron chi connectivity index (χ1n) is 11.0. The Morgan fingerprint density at radius 3 is 2.26 bits per heavy atom. The average Bonchev–Trinajstić information content (AvgIpc) is 3.15. The summed E-state index contributed by atoms with van der Waals surface area (Å²) in [6.45, 7) is 0.522. The number of aliphatic carboxylic acids is 1. The Morgan fingerprint density at radius 1 is 0.971 bits per heavy atom. The van der Waals surface area contributed by atoms with Gasteiger partial charge in [0.15, 0.2) is 5.96 Å².